The number of hydrogen-bond acceptors (Lipinski definition) is 9. The quantitative estimate of drug-likeness (QED) is 0.356. The van der Waals surface area contributed by atoms with E-state index in [2.05, 4.69) is 4.99 Å². The summed E-state index contributed by atoms with van der Waals surface area (Å²) in [6.07, 6.45) is 1.73. The first-order chi connectivity index (χ1) is 16.8. The van der Waals surface area contributed by atoms with E-state index in [0.717, 1.165) is 4.88 Å². The topological polar surface area (TPSA) is 96.2 Å². The molecule has 35 heavy (non-hydrogen) atoms. The fourth-order valence-corrected chi connectivity index (χ4v) is 5.65. The molecule has 0 bridgehead atoms. The van der Waals surface area contributed by atoms with Crippen LogP contribution in [0.15, 0.2) is 56.8 Å². The van der Waals surface area contributed by atoms with E-state index in [-0.39, 0.29) is 12.2 Å². The van der Waals surface area contributed by atoms with Crippen LogP contribution in [-0.4, -0.2) is 29.7 Å². The van der Waals surface area contributed by atoms with Crippen LogP contribution in [0.4, 0.5) is 0 Å². The molecule has 0 aliphatic carbocycles. The van der Waals surface area contributed by atoms with Crippen LogP contribution < -0.4 is 24.4 Å². The number of nitrogens with zero attached hydrogens (tertiary/aromatic N) is 2. The largest absolute Gasteiger partial charge is 0.490 e. The highest BCUT2D eigenvalue weighted by atomic mass is 32.1. The van der Waals surface area contributed by atoms with Gasteiger partial charge in [-0.3, -0.25) is 14.2 Å². The van der Waals surface area contributed by atoms with E-state index in [0.29, 0.717) is 44.3 Å². The molecule has 182 valence electrons. The number of thiophene rings is 1. The number of carbonyl (C=O) groups excluding carboxylic acids is 2. The minimum atomic E-state index is -0.613. The normalized spacial score (nSPS) is 15.4. The third kappa shape index (κ3) is 4.98. The van der Waals surface area contributed by atoms with Crippen LogP contribution in [0.1, 0.15) is 44.2 Å². The standard InChI is InChI=1S/C25H24N2O6S2/c1-5-31-18-12-16(9-10-17(18)33-15(4)28)13-20-23(29)27-22(19-8-7-11-34-19)21(24(30)32-6-2)14(3)26-25(27)35-20/h7-13,22H,5-6H2,1-4H3/t22-/m0/s1. The van der Waals surface area contributed by atoms with Crippen molar-refractivity contribution in [2.24, 2.45) is 4.99 Å². The highest BCUT2D eigenvalue weighted by Crippen LogP contribution is 2.33. The monoisotopic (exact) mass is 512 g/mol. The number of hydrogen-bond donors (Lipinski definition) is 0. The smallest absolute Gasteiger partial charge is 0.338 e. The van der Waals surface area contributed by atoms with Gasteiger partial charge in [-0.1, -0.05) is 23.5 Å². The van der Waals surface area contributed by atoms with E-state index < -0.39 is 18.0 Å². The maximum Gasteiger partial charge on any atom is 0.338 e. The fourth-order valence-electron chi connectivity index (χ4n) is 3.78. The van der Waals surface area contributed by atoms with Gasteiger partial charge in [0.05, 0.1) is 29.0 Å². The summed E-state index contributed by atoms with van der Waals surface area (Å²) in [7, 11) is 0. The summed E-state index contributed by atoms with van der Waals surface area (Å²) in [6.45, 7) is 7.26. The average molecular weight is 513 g/mol. The molecule has 10 heteroatoms. The summed E-state index contributed by atoms with van der Waals surface area (Å²) in [5, 5.41) is 1.91. The second-order valence-electron chi connectivity index (χ2n) is 7.55. The van der Waals surface area contributed by atoms with Gasteiger partial charge >= 0.3 is 11.9 Å². The molecule has 3 aromatic rings. The molecule has 8 nitrogen and oxygen atoms in total. The van der Waals surface area contributed by atoms with Crippen molar-refractivity contribution in [3.63, 3.8) is 0 Å². The molecule has 0 radical (unpaired) electrons. The van der Waals surface area contributed by atoms with Gasteiger partial charge in [-0.15, -0.1) is 11.3 Å². The van der Waals surface area contributed by atoms with E-state index in [1.165, 1.54) is 29.6 Å². The van der Waals surface area contributed by atoms with Crippen molar-refractivity contribution < 1.29 is 23.8 Å². The first-order valence-corrected chi connectivity index (χ1v) is 12.7. The van der Waals surface area contributed by atoms with Gasteiger partial charge in [-0.2, -0.15) is 0 Å². The first-order valence-electron chi connectivity index (χ1n) is 11.0. The highest BCUT2D eigenvalue weighted by molar-refractivity contribution is 7.10. The van der Waals surface area contributed by atoms with E-state index in [4.69, 9.17) is 14.2 Å². The Morgan fingerprint density at radius 1 is 1.17 bits per heavy atom. The number of allylic oxidation sites excluding steroid dienone is 1. The molecule has 0 spiro atoms. The van der Waals surface area contributed by atoms with Crippen molar-refractivity contribution >= 4 is 40.7 Å². The van der Waals surface area contributed by atoms with Crippen LogP contribution in [0, 0.1) is 0 Å². The maximum absolute atomic E-state index is 13.6. The molecule has 1 aromatic carbocycles. The van der Waals surface area contributed by atoms with E-state index in [1.807, 2.05) is 24.4 Å². The minimum Gasteiger partial charge on any atom is -0.490 e. The molecular weight excluding hydrogens is 488 g/mol. The van der Waals surface area contributed by atoms with Crippen LogP contribution in [0.2, 0.25) is 0 Å². The lowest BCUT2D eigenvalue weighted by molar-refractivity contribution is -0.139. The lowest BCUT2D eigenvalue weighted by atomic mass is 10.0. The predicted molar refractivity (Wildman–Crippen MR) is 134 cm³/mol. The number of esters is 2. The Kier molecular flexibility index (Phi) is 7.32. The van der Waals surface area contributed by atoms with Crippen LogP contribution in [0.3, 0.4) is 0 Å². The number of carbonyl (C=O) groups is 2. The Hall–Kier alpha value is -3.50. The number of ether oxygens (including phenoxy) is 3. The van der Waals surface area contributed by atoms with Crippen molar-refractivity contribution in [3.8, 4) is 11.5 Å². The molecular formula is C25H24N2O6S2. The van der Waals surface area contributed by atoms with Crippen LogP contribution >= 0.6 is 22.7 Å². The number of benzene rings is 1. The molecule has 0 fully saturated rings. The molecule has 1 aliphatic rings. The van der Waals surface area contributed by atoms with Gasteiger partial charge in [0, 0.05) is 11.8 Å². The molecule has 0 amide bonds. The summed E-state index contributed by atoms with van der Waals surface area (Å²) in [5.41, 5.74) is 1.32. The van der Waals surface area contributed by atoms with Crippen LogP contribution in [-0.2, 0) is 14.3 Å². The average Bonchev–Trinajstić information content (AvgIpc) is 3.43. The Bertz CT molecular complexity index is 1480. The zero-order valence-corrected chi connectivity index (χ0v) is 21.3. The van der Waals surface area contributed by atoms with Gasteiger partial charge in [0.2, 0.25) is 0 Å². The molecule has 1 aliphatic heterocycles. The Morgan fingerprint density at radius 3 is 2.63 bits per heavy atom. The predicted octanol–water partition coefficient (Wildman–Crippen LogP) is 3.18. The number of rotatable bonds is 7. The van der Waals surface area contributed by atoms with Crippen molar-refractivity contribution in [1.29, 1.82) is 0 Å². The van der Waals surface area contributed by atoms with Crippen molar-refractivity contribution in [2.45, 2.75) is 33.7 Å². The van der Waals surface area contributed by atoms with E-state index in [1.54, 1.807) is 42.7 Å². The molecule has 3 heterocycles. The summed E-state index contributed by atoms with van der Waals surface area (Å²) in [6, 6.07) is 8.25. The van der Waals surface area contributed by atoms with E-state index in [9.17, 15) is 14.4 Å². The Balaban J connectivity index is 1.86. The van der Waals surface area contributed by atoms with Crippen LogP contribution in [0.25, 0.3) is 6.08 Å². The maximum atomic E-state index is 13.6. The zero-order valence-electron chi connectivity index (χ0n) is 19.7. The van der Waals surface area contributed by atoms with Gasteiger partial charge in [-0.05, 0) is 56.0 Å². The third-order valence-electron chi connectivity index (χ3n) is 5.15. The lowest BCUT2D eigenvalue weighted by Crippen LogP contribution is -2.39. The number of fused-ring (bicyclic) bond motifs is 1. The van der Waals surface area contributed by atoms with Gasteiger partial charge in [0.25, 0.3) is 5.56 Å². The van der Waals surface area contributed by atoms with Gasteiger partial charge < -0.3 is 14.2 Å². The summed E-state index contributed by atoms with van der Waals surface area (Å²) in [5.74, 6) is -0.219. The second-order valence-corrected chi connectivity index (χ2v) is 9.54. The zero-order chi connectivity index (χ0) is 25.1. The van der Waals surface area contributed by atoms with Gasteiger partial charge in [-0.25, -0.2) is 9.79 Å². The lowest BCUT2D eigenvalue weighted by Gasteiger charge is -2.23. The first kappa shape index (κ1) is 24.6. The summed E-state index contributed by atoms with van der Waals surface area (Å²) >= 11 is 2.71. The molecule has 0 saturated heterocycles. The Labute approximate surface area is 209 Å². The second kappa shape index (κ2) is 10.4. The van der Waals surface area contributed by atoms with E-state index >= 15 is 0 Å². The summed E-state index contributed by atoms with van der Waals surface area (Å²) in [4.78, 5) is 43.7. The van der Waals surface area contributed by atoms with Crippen molar-refractivity contribution in [2.75, 3.05) is 13.2 Å². The summed E-state index contributed by atoms with van der Waals surface area (Å²) < 4.78 is 18.1. The minimum absolute atomic E-state index is 0.225. The fraction of sp³-hybridized carbons (Fsp3) is 0.280. The van der Waals surface area contributed by atoms with Gasteiger partial charge in [0.1, 0.15) is 6.04 Å². The highest BCUT2D eigenvalue weighted by Gasteiger charge is 2.33. The molecule has 1 atom stereocenters. The van der Waals surface area contributed by atoms with Crippen molar-refractivity contribution in [3.05, 3.63) is 77.1 Å². The molecule has 0 saturated carbocycles. The number of thiazole rings is 1. The third-order valence-corrected chi connectivity index (χ3v) is 7.06. The van der Waals surface area contributed by atoms with Crippen LogP contribution in [0.5, 0.6) is 11.5 Å². The van der Waals surface area contributed by atoms with Crippen molar-refractivity contribution in [1.82, 2.24) is 4.57 Å². The van der Waals surface area contributed by atoms with Gasteiger partial charge in [0.15, 0.2) is 16.3 Å². The Morgan fingerprint density at radius 2 is 1.97 bits per heavy atom. The SMILES string of the molecule is CCOC(=O)C1=C(C)N=c2sc(=Cc3ccc(OC(C)=O)c(OCC)c3)c(=O)n2[C@H]1c1cccs1. The molecule has 0 unspecified atom stereocenters. The molecule has 0 N–H and O–H groups in total. The molecule has 4 rings (SSSR count). The number of aromatic nitrogens is 1. The molecule has 2 aromatic heterocycles.